The van der Waals surface area contributed by atoms with Crippen molar-refractivity contribution in [2.24, 2.45) is 0 Å². The molecule has 2 aromatic rings. The summed E-state index contributed by atoms with van der Waals surface area (Å²) in [5, 5.41) is 5.50. The van der Waals surface area contributed by atoms with Gasteiger partial charge in [-0.3, -0.25) is 9.59 Å². The van der Waals surface area contributed by atoms with Crippen molar-refractivity contribution in [2.75, 3.05) is 32.9 Å². The summed E-state index contributed by atoms with van der Waals surface area (Å²) in [6, 6.07) is 7.86. The van der Waals surface area contributed by atoms with Crippen molar-refractivity contribution >= 4 is 29.1 Å². The van der Waals surface area contributed by atoms with Gasteiger partial charge in [-0.15, -0.1) is 0 Å². The Kier molecular flexibility index (Phi) is 5.56. The first kappa shape index (κ1) is 18.7. The first-order valence-corrected chi connectivity index (χ1v) is 8.29. The molecule has 0 spiro atoms. The molecule has 0 atom stereocenters. The Balaban J connectivity index is 1.61. The number of amides is 2. The van der Waals surface area contributed by atoms with Crippen molar-refractivity contribution in [1.82, 2.24) is 5.32 Å². The van der Waals surface area contributed by atoms with E-state index in [9.17, 15) is 9.59 Å². The van der Waals surface area contributed by atoms with Crippen molar-refractivity contribution in [3.63, 3.8) is 0 Å². The zero-order valence-electron chi connectivity index (χ0n) is 14.6. The quantitative estimate of drug-likeness (QED) is 0.784. The van der Waals surface area contributed by atoms with E-state index in [1.165, 1.54) is 20.3 Å². The maximum Gasteiger partial charge on any atom is 0.251 e. The van der Waals surface area contributed by atoms with Crippen molar-refractivity contribution in [1.29, 1.82) is 0 Å². The van der Waals surface area contributed by atoms with Crippen molar-refractivity contribution < 1.29 is 28.5 Å². The number of carbonyl (C=O) groups excluding carboxylic acids is 2. The average molecular weight is 393 g/mol. The van der Waals surface area contributed by atoms with Crippen LogP contribution in [0.5, 0.6) is 23.0 Å². The Bertz CT molecular complexity index is 886. The molecule has 0 fully saturated rings. The smallest absolute Gasteiger partial charge is 0.251 e. The number of benzene rings is 2. The van der Waals surface area contributed by atoms with Gasteiger partial charge in [0.2, 0.25) is 12.7 Å². The van der Waals surface area contributed by atoms with Crippen LogP contribution in [-0.2, 0) is 4.79 Å². The number of anilines is 1. The minimum Gasteiger partial charge on any atom is -0.495 e. The highest BCUT2D eigenvalue weighted by molar-refractivity contribution is 6.32. The van der Waals surface area contributed by atoms with E-state index in [0.717, 1.165) is 0 Å². The second-order valence-electron chi connectivity index (χ2n) is 5.49. The summed E-state index contributed by atoms with van der Waals surface area (Å²) in [4.78, 5) is 24.4. The van der Waals surface area contributed by atoms with Crippen molar-refractivity contribution in [3.05, 3.63) is 40.9 Å². The van der Waals surface area contributed by atoms with E-state index < -0.39 is 11.8 Å². The van der Waals surface area contributed by atoms with Crippen LogP contribution in [0.25, 0.3) is 0 Å². The zero-order valence-corrected chi connectivity index (χ0v) is 15.4. The van der Waals surface area contributed by atoms with E-state index >= 15 is 0 Å². The van der Waals surface area contributed by atoms with Gasteiger partial charge in [0.25, 0.3) is 5.91 Å². The molecule has 0 saturated carbocycles. The van der Waals surface area contributed by atoms with E-state index in [-0.39, 0.29) is 13.3 Å². The third-order valence-corrected chi connectivity index (χ3v) is 4.09. The van der Waals surface area contributed by atoms with Gasteiger partial charge in [0.15, 0.2) is 11.5 Å². The molecule has 0 unspecified atom stereocenters. The largest absolute Gasteiger partial charge is 0.495 e. The Labute approximate surface area is 160 Å². The topological polar surface area (TPSA) is 95.1 Å². The fourth-order valence-corrected chi connectivity index (χ4v) is 2.69. The molecular formula is C18H17ClN2O6. The number of fused-ring (bicyclic) bond motifs is 1. The maximum absolute atomic E-state index is 12.2. The number of ether oxygens (including phenoxy) is 4. The maximum atomic E-state index is 12.2. The lowest BCUT2D eigenvalue weighted by Crippen LogP contribution is -2.32. The van der Waals surface area contributed by atoms with Crippen LogP contribution in [0.3, 0.4) is 0 Å². The van der Waals surface area contributed by atoms with Gasteiger partial charge >= 0.3 is 0 Å². The van der Waals surface area contributed by atoms with E-state index in [4.69, 9.17) is 30.5 Å². The van der Waals surface area contributed by atoms with Gasteiger partial charge in [-0.25, -0.2) is 0 Å². The Morgan fingerprint density at radius 2 is 1.81 bits per heavy atom. The molecule has 9 heteroatoms. The number of hydrogen-bond acceptors (Lipinski definition) is 6. The standard InChI is InChI=1S/C18H17ClN2O6/c1-24-14-7-15(25-2)12(6-11(14)19)21-17(22)8-20-18(23)10-3-4-13-16(5-10)27-9-26-13/h3-7H,8-9H2,1-2H3,(H,20,23)(H,21,22). The monoisotopic (exact) mass is 392 g/mol. The average Bonchev–Trinajstić information content (AvgIpc) is 3.14. The van der Waals surface area contributed by atoms with E-state index in [0.29, 0.717) is 39.3 Å². The minimum atomic E-state index is -0.441. The summed E-state index contributed by atoms with van der Waals surface area (Å²) in [6.07, 6.45) is 0. The Morgan fingerprint density at radius 3 is 2.56 bits per heavy atom. The number of methoxy groups -OCH3 is 2. The molecule has 2 amide bonds. The van der Waals surface area contributed by atoms with E-state index in [1.54, 1.807) is 24.3 Å². The number of rotatable bonds is 6. The Hall–Kier alpha value is -3.13. The lowest BCUT2D eigenvalue weighted by Gasteiger charge is -2.13. The van der Waals surface area contributed by atoms with Crippen LogP contribution in [-0.4, -0.2) is 39.4 Å². The summed E-state index contributed by atoms with van der Waals surface area (Å²) in [5.74, 6) is 1.01. The molecule has 0 saturated heterocycles. The fraction of sp³-hybridized carbons (Fsp3) is 0.222. The van der Waals surface area contributed by atoms with Crippen LogP contribution in [0.4, 0.5) is 5.69 Å². The summed E-state index contributed by atoms with van der Waals surface area (Å²) < 4.78 is 20.7. The van der Waals surface area contributed by atoms with Crippen LogP contribution >= 0.6 is 11.6 Å². The molecule has 0 aromatic heterocycles. The Morgan fingerprint density at radius 1 is 1.07 bits per heavy atom. The van der Waals surface area contributed by atoms with Crippen LogP contribution in [0, 0.1) is 0 Å². The molecule has 1 aliphatic heterocycles. The second kappa shape index (κ2) is 8.05. The first-order valence-electron chi connectivity index (χ1n) is 7.91. The molecule has 2 N–H and O–H groups in total. The van der Waals surface area contributed by atoms with Crippen LogP contribution in [0.2, 0.25) is 5.02 Å². The zero-order chi connectivity index (χ0) is 19.4. The molecule has 1 aliphatic rings. The highest BCUT2D eigenvalue weighted by Gasteiger charge is 2.17. The molecule has 8 nitrogen and oxygen atoms in total. The van der Waals surface area contributed by atoms with Gasteiger partial charge in [-0.1, -0.05) is 11.6 Å². The van der Waals surface area contributed by atoms with Crippen molar-refractivity contribution in [3.8, 4) is 23.0 Å². The molecule has 0 aliphatic carbocycles. The lowest BCUT2D eigenvalue weighted by molar-refractivity contribution is -0.115. The summed E-state index contributed by atoms with van der Waals surface area (Å²) in [5.41, 5.74) is 0.725. The van der Waals surface area contributed by atoms with E-state index in [2.05, 4.69) is 10.6 Å². The molecule has 142 valence electrons. The first-order chi connectivity index (χ1) is 13.0. The lowest BCUT2D eigenvalue weighted by atomic mass is 10.2. The van der Waals surface area contributed by atoms with Gasteiger partial charge in [0.05, 0.1) is 31.5 Å². The highest BCUT2D eigenvalue weighted by Crippen LogP contribution is 2.36. The van der Waals surface area contributed by atoms with Crippen LogP contribution < -0.4 is 29.6 Å². The van der Waals surface area contributed by atoms with Gasteiger partial charge in [-0.05, 0) is 24.3 Å². The predicted octanol–water partition coefficient (Wildman–Crippen LogP) is 2.45. The van der Waals surface area contributed by atoms with Crippen molar-refractivity contribution in [2.45, 2.75) is 0 Å². The molecule has 27 heavy (non-hydrogen) atoms. The SMILES string of the molecule is COc1cc(OC)c(NC(=O)CNC(=O)c2ccc3c(c2)OCO3)cc1Cl. The third-order valence-electron chi connectivity index (χ3n) is 3.79. The fourth-order valence-electron chi connectivity index (χ4n) is 2.45. The number of halogens is 1. The van der Waals surface area contributed by atoms with Crippen LogP contribution in [0.1, 0.15) is 10.4 Å². The van der Waals surface area contributed by atoms with Gasteiger partial charge in [0.1, 0.15) is 11.5 Å². The molecule has 2 aromatic carbocycles. The molecule has 1 heterocycles. The second-order valence-corrected chi connectivity index (χ2v) is 5.89. The summed E-state index contributed by atoms with van der Waals surface area (Å²) in [6.45, 7) is -0.116. The normalized spacial score (nSPS) is 11.7. The summed E-state index contributed by atoms with van der Waals surface area (Å²) >= 11 is 6.07. The summed E-state index contributed by atoms with van der Waals surface area (Å²) in [7, 11) is 2.93. The number of nitrogens with one attached hydrogen (secondary N) is 2. The number of carbonyl (C=O) groups is 2. The predicted molar refractivity (Wildman–Crippen MR) is 98.1 cm³/mol. The highest BCUT2D eigenvalue weighted by atomic mass is 35.5. The van der Waals surface area contributed by atoms with Gasteiger partial charge in [0, 0.05) is 11.6 Å². The van der Waals surface area contributed by atoms with E-state index in [1.807, 2.05) is 0 Å². The molecule has 0 radical (unpaired) electrons. The molecule has 3 rings (SSSR count). The minimum absolute atomic E-state index is 0.120. The third kappa shape index (κ3) is 4.17. The van der Waals surface area contributed by atoms with Gasteiger partial charge in [-0.2, -0.15) is 0 Å². The molecule has 0 bridgehead atoms. The number of hydrogen-bond donors (Lipinski definition) is 2. The van der Waals surface area contributed by atoms with Gasteiger partial charge < -0.3 is 29.6 Å². The molecular weight excluding hydrogens is 376 g/mol. The van der Waals surface area contributed by atoms with Crippen LogP contribution in [0.15, 0.2) is 30.3 Å².